The maximum absolute atomic E-state index is 12.5. The van der Waals surface area contributed by atoms with Crippen LogP contribution in [-0.4, -0.2) is 33.5 Å². The number of alkyl halides is 3. The smallest absolute Gasteiger partial charge is 0.508 e. The van der Waals surface area contributed by atoms with E-state index in [1.54, 1.807) is 36.4 Å². The number of H-pyrrole nitrogens is 1. The minimum atomic E-state index is -4.87. The van der Waals surface area contributed by atoms with E-state index < -0.39 is 23.9 Å². The van der Waals surface area contributed by atoms with Crippen molar-refractivity contribution in [2.45, 2.75) is 12.9 Å². The summed E-state index contributed by atoms with van der Waals surface area (Å²) in [5.41, 5.74) is 7.37. The van der Waals surface area contributed by atoms with E-state index in [0.29, 0.717) is 17.9 Å². The Hall–Kier alpha value is -5.20. The Morgan fingerprint density at radius 2 is 1.68 bits per heavy atom. The predicted molar refractivity (Wildman–Crippen MR) is 133 cm³/mol. The highest BCUT2D eigenvalue weighted by Crippen LogP contribution is 2.27. The van der Waals surface area contributed by atoms with Crippen LogP contribution in [0.4, 0.5) is 36.2 Å². The fraction of sp³-hybridized carbons (Fsp3) is 0.0800. The summed E-state index contributed by atoms with van der Waals surface area (Å²) < 4.78 is 41.1. The van der Waals surface area contributed by atoms with Crippen molar-refractivity contribution in [1.29, 1.82) is 0 Å². The van der Waals surface area contributed by atoms with Gasteiger partial charge >= 0.3 is 6.36 Å². The number of phenolic OH excluding ortho intramolecular Hbond substituents is 1. The second-order valence-corrected chi connectivity index (χ2v) is 7.94. The molecule has 38 heavy (non-hydrogen) atoms. The van der Waals surface area contributed by atoms with Gasteiger partial charge in [-0.05, 0) is 60.2 Å². The maximum atomic E-state index is 12.5. The van der Waals surface area contributed by atoms with Gasteiger partial charge in [0.1, 0.15) is 22.9 Å². The number of hydrogen-bond donors (Lipinski definition) is 6. The van der Waals surface area contributed by atoms with E-state index in [9.17, 15) is 27.9 Å². The first kappa shape index (κ1) is 25.9. The van der Waals surface area contributed by atoms with Crippen LogP contribution >= 0.6 is 0 Å². The van der Waals surface area contributed by atoms with Gasteiger partial charge in [-0.25, -0.2) is 0 Å². The first-order chi connectivity index (χ1) is 18.1. The molecule has 0 bridgehead atoms. The molecular formula is C25H21F3N6O4. The van der Waals surface area contributed by atoms with Crippen molar-refractivity contribution >= 4 is 34.8 Å². The summed E-state index contributed by atoms with van der Waals surface area (Å²) in [6, 6.07) is 17.5. The molecule has 7 N–H and O–H groups in total. The first-order valence-corrected chi connectivity index (χ1v) is 11.0. The summed E-state index contributed by atoms with van der Waals surface area (Å²) in [6.45, 7) is 0.324. The number of aromatic hydroxyl groups is 1. The van der Waals surface area contributed by atoms with Gasteiger partial charge < -0.3 is 31.5 Å². The number of primary amides is 1. The van der Waals surface area contributed by atoms with Crippen molar-refractivity contribution < 1.29 is 32.6 Å². The second kappa shape index (κ2) is 10.8. The van der Waals surface area contributed by atoms with Crippen LogP contribution in [0.1, 0.15) is 26.3 Å². The van der Waals surface area contributed by atoms with Crippen molar-refractivity contribution in [3.8, 4) is 11.5 Å². The number of carbonyl (C=O) groups excluding carboxylic acids is 2. The number of aromatic amines is 1. The lowest BCUT2D eigenvalue weighted by molar-refractivity contribution is -0.274. The Labute approximate surface area is 213 Å². The minimum Gasteiger partial charge on any atom is -0.508 e. The standard InChI is InChI=1S/C25H21F3N6O4/c26-25(27,28)38-19-3-1-2-15(12-19)24(37)32-17-8-6-16(7-9-17)31-23-20(21(29)36)22(33-34-23)30-13-14-4-10-18(35)11-5-14/h1-12,35H,13H2,(H2,29,36)(H,32,37)(H3,30,31,33,34). The molecule has 196 valence electrons. The monoisotopic (exact) mass is 526 g/mol. The number of nitrogens with two attached hydrogens (primary N) is 1. The van der Waals surface area contributed by atoms with Crippen molar-refractivity contribution in [3.63, 3.8) is 0 Å². The third-order valence-corrected chi connectivity index (χ3v) is 5.15. The maximum Gasteiger partial charge on any atom is 0.573 e. The number of nitrogens with one attached hydrogen (secondary N) is 4. The minimum absolute atomic E-state index is 0.0233. The Morgan fingerprint density at radius 3 is 2.34 bits per heavy atom. The quantitative estimate of drug-likeness (QED) is 0.184. The number of amides is 2. The molecule has 0 atom stereocenters. The molecule has 1 aromatic heterocycles. The second-order valence-electron chi connectivity index (χ2n) is 7.94. The van der Waals surface area contributed by atoms with Crippen molar-refractivity contribution in [2.24, 2.45) is 5.73 Å². The molecule has 13 heteroatoms. The van der Waals surface area contributed by atoms with Crippen molar-refractivity contribution in [1.82, 2.24) is 10.2 Å². The van der Waals surface area contributed by atoms with Gasteiger partial charge in [0.05, 0.1) is 0 Å². The molecule has 0 aliphatic heterocycles. The number of rotatable bonds is 9. The third kappa shape index (κ3) is 6.72. The molecule has 1 heterocycles. The molecule has 0 spiro atoms. The molecule has 3 aromatic carbocycles. The number of ether oxygens (including phenoxy) is 1. The van der Waals surface area contributed by atoms with E-state index >= 15 is 0 Å². The van der Waals surface area contributed by atoms with Crippen LogP contribution in [0.25, 0.3) is 0 Å². The van der Waals surface area contributed by atoms with E-state index in [-0.39, 0.29) is 28.5 Å². The molecule has 0 saturated heterocycles. The van der Waals surface area contributed by atoms with Crippen LogP contribution in [0.3, 0.4) is 0 Å². The topological polar surface area (TPSA) is 154 Å². The molecule has 0 unspecified atom stereocenters. The zero-order valence-corrected chi connectivity index (χ0v) is 19.5. The lowest BCUT2D eigenvalue weighted by Crippen LogP contribution is -2.18. The molecule has 4 aromatic rings. The Kier molecular flexibility index (Phi) is 7.37. The number of aromatic nitrogens is 2. The summed E-state index contributed by atoms with van der Waals surface area (Å²) >= 11 is 0. The molecule has 0 aliphatic rings. The Morgan fingerprint density at radius 1 is 1.00 bits per heavy atom. The van der Waals surface area contributed by atoms with E-state index in [1.165, 1.54) is 24.3 Å². The van der Waals surface area contributed by atoms with Gasteiger partial charge in [-0.1, -0.05) is 18.2 Å². The van der Waals surface area contributed by atoms with Gasteiger partial charge in [0, 0.05) is 23.5 Å². The van der Waals surface area contributed by atoms with Gasteiger partial charge in [0.2, 0.25) is 0 Å². The number of anilines is 4. The normalized spacial score (nSPS) is 11.0. The largest absolute Gasteiger partial charge is 0.573 e. The first-order valence-electron chi connectivity index (χ1n) is 11.0. The number of phenols is 1. The number of benzene rings is 3. The van der Waals surface area contributed by atoms with Crippen LogP contribution in [0.2, 0.25) is 0 Å². The number of halogens is 3. The van der Waals surface area contributed by atoms with E-state index in [0.717, 1.165) is 17.7 Å². The average Bonchev–Trinajstić information content (AvgIpc) is 3.26. The van der Waals surface area contributed by atoms with Gasteiger partial charge in [0.15, 0.2) is 5.82 Å². The summed E-state index contributed by atoms with van der Waals surface area (Å²) in [5.74, 6) is -1.26. The Balaban J connectivity index is 1.41. The fourth-order valence-corrected chi connectivity index (χ4v) is 3.42. The SMILES string of the molecule is NC(=O)c1c(NCc2ccc(O)cc2)n[nH]c1Nc1ccc(NC(=O)c2cccc(OC(F)(F)F)c2)cc1. The predicted octanol–water partition coefficient (Wildman–Crippen LogP) is 4.72. The molecule has 0 fully saturated rings. The zero-order chi connectivity index (χ0) is 27.3. The highest BCUT2D eigenvalue weighted by Gasteiger charge is 2.31. The molecule has 4 rings (SSSR count). The lowest BCUT2D eigenvalue weighted by atomic mass is 10.2. The summed E-state index contributed by atoms with van der Waals surface area (Å²) in [7, 11) is 0. The van der Waals surface area contributed by atoms with Gasteiger partial charge in [-0.3, -0.25) is 14.7 Å². The van der Waals surface area contributed by atoms with Crippen LogP contribution in [-0.2, 0) is 6.54 Å². The molecule has 2 amide bonds. The van der Waals surface area contributed by atoms with E-state index in [1.807, 2.05) is 0 Å². The summed E-state index contributed by atoms with van der Waals surface area (Å²) in [5, 5.41) is 24.8. The number of hydrogen-bond acceptors (Lipinski definition) is 7. The summed E-state index contributed by atoms with van der Waals surface area (Å²) in [4.78, 5) is 24.6. The molecular weight excluding hydrogens is 505 g/mol. The molecule has 10 nitrogen and oxygen atoms in total. The van der Waals surface area contributed by atoms with Gasteiger partial charge in [-0.15, -0.1) is 13.2 Å². The van der Waals surface area contributed by atoms with Crippen LogP contribution in [0.15, 0.2) is 72.8 Å². The van der Waals surface area contributed by atoms with Crippen LogP contribution in [0.5, 0.6) is 11.5 Å². The summed E-state index contributed by atoms with van der Waals surface area (Å²) in [6.07, 6.45) is -4.87. The number of nitrogens with zero attached hydrogens (tertiary/aromatic N) is 1. The average molecular weight is 526 g/mol. The van der Waals surface area contributed by atoms with Gasteiger partial charge in [-0.2, -0.15) is 5.10 Å². The van der Waals surface area contributed by atoms with Crippen LogP contribution in [0, 0.1) is 0 Å². The third-order valence-electron chi connectivity index (χ3n) is 5.15. The molecule has 0 saturated carbocycles. The molecule has 0 radical (unpaired) electrons. The highest BCUT2D eigenvalue weighted by molar-refractivity contribution is 6.05. The fourth-order valence-electron chi connectivity index (χ4n) is 3.42. The van der Waals surface area contributed by atoms with Gasteiger partial charge in [0.25, 0.3) is 11.8 Å². The number of carbonyl (C=O) groups is 2. The van der Waals surface area contributed by atoms with Crippen molar-refractivity contribution in [2.75, 3.05) is 16.0 Å². The van der Waals surface area contributed by atoms with E-state index in [4.69, 9.17) is 5.73 Å². The Bertz CT molecular complexity index is 1440. The lowest BCUT2D eigenvalue weighted by Gasteiger charge is -2.11. The van der Waals surface area contributed by atoms with Crippen LogP contribution < -0.4 is 26.4 Å². The van der Waals surface area contributed by atoms with Crippen molar-refractivity contribution in [3.05, 3.63) is 89.5 Å². The van der Waals surface area contributed by atoms with E-state index in [2.05, 4.69) is 30.9 Å². The highest BCUT2D eigenvalue weighted by atomic mass is 19.4. The zero-order valence-electron chi connectivity index (χ0n) is 19.5. The molecule has 0 aliphatic carbocycles.